The molecule has 0 unspecified atom stereocenters. The van der Waals surface area contributed by atoms with Crippen molar-refractivity contribution in [2.75, 3.05) is 44.3 Å². The van der Waals surface area contributed by atoms with Gasteiger partial charge in [0.05, 0.1) is 0 Å². The van der Waals surface area contributed by atoms with E-state index < -0.39 is 10.0 Å². The maximum atomic E-state index is 12.7. The number of sulfonamides is 1. The standard InChI is InChI=1S/C17H20N2O4S2/c1-13-2-5-17(24-13)25(20,21)19-8-6-18(7-9-19)14-3-4-15-16(12-14)23-11-10-22-15/h2-5,12H,6-11H2,1H3. The number of ether oxygens (including phenoxy) is 2. The Balaban J connectivity index is 1.46. The van der Waals surface area contributed by atoms with E-state index in [4.69, 9.17) is 9.47 Å². The van der Waals surface area contributed by atoms with Crippen LogP contribution in [0.15, 0.2) is 34.5 Å². The number of nitrogens with zero attached hydrogens (tertiary/aromatic N) is 2. The molecule has 0 amide bonds. The molecule has 0 atom stereocenters. The van der Waals surface area contributed by atoms with Crippen LogP contribution in [0, 0.1) is 6.92 Å². The number of thiophene rings is 1. The van der Waals surface area contributed by atoms with Gasteiger partial charge < -0.3 is 14.4 Å². The van der Waals surface area contributed by atoms with Crippen LogP contribution in [0.5, 0.6) is 11.5 Å². The number of hydrogen-bond acceptors (Lipinski definition) is 6. The van der Waals surface area contributed by atoms with Gasteiger partial charge in [-0.25, -0.2) is 8.42 Å². The van der Waals surface area contributed by atoms with Crippen molar-refractivity contribution in [2.24, 2.45) is 0 Å². The van der Waals surface area contributed by atoms with Crippen LogP contribution in [0.3, 0.4) is 0 Å². The van der Waals surface area contributed by atoms with Gasteiger partial charge in [-0.3, -0.25) is 0 Å². The van der Waals surface area contributed by atoms with Gasteiger partial charge >= 0.3 is 0 Å². The lowest BCUT2D eigenvalue weighted by atomic mass is 10.2. The van der Waals surface area contributed by atoms with Crippen molar-refractivity contribution in [2.45, 2.75) is 11.1 Å². The number of rotatable bonds is 3. The minimum absolute atomic E-state index is 0.428. The van der Waals surface area contributed by atoms with Crippen LogP contribution in [-0.2, 0) is 10.0 Å². The molecule has 0 bridgehead atoms. The van der Waals surface area contributed by atoms with Crippen molar-refractivity contribution in [3.05, 3.63) is 35.2 Å². The minimum Gasteiger partial charge on any atom is -0.486 e. The first kappa shape index (κ1) is 16.7. The predicted octanol–water partition coefficient (Wildman–Crippen LogP) is 2.34. The highest BCUT2D eigenvalue weighted by atomic mass is 32.2. The minimum atomic E-state index is -3.38. The van der Waals surface area contributed by atoms with Crippen molar-refractivity contribution >= 4 is 27.0 Å². The second kappa shape index (κ2) is 6.51. The van der Waals surface area contributed by atoms with Crippen molar-refractivity contribution in [3.63, 3.8) is 0 Å². The van der Waals surface area contributed by atoms with Crippen LogP contribution >= 0.6 is 11.3 Å². The van der Waals surface area contributed by atoms with E-state index in [1.807, 2.05) is 31.2 Å². The molecule has 1 aromatic carbocycles. The third-order valence-electron chi connectivity index (χ3n) is 4.44. The van der Waals surface area contributed by atoms with E-state index in [9.17, 15) is 8.42 Å². The quantitative estimate of drug-likeness (QED) is 0.818. The van der Waals surface area contributed by atoms with Crippen LogP contribution in [0.25, 0.3) is 0 Å². The average Bonchev–Trinajstić information content (AvgIpc) is 3.09. The molecule has 0 radical (unpaired) electrons. The molecule has 8 heteroatoms. The molecule has 4 rings (SSSR count). The van der Waals surface area contributed by atoms with Gasteiger partial charge in [-0.05, 0) is 31.2 Å². The fourth-order valence-corrected chi connectivity index (χ4v) is 5.95. The summed E-state index contributed by atoms with van der Waals surface area (Å²) in [5.41, 5.74) is 1.04. The molecule has 0 spiro atoms. The molecule has 1 saturated heterocycles. The molecular weight excluding hydrogens is 360 g/mol. The number of fused-ring (bicyclic) bond motifs is 1. The molecule has 3 heterocycles. The Morgan fingerprint density at radius 3 is 2.36 bits per heavy atom. The molecule has 2 aliphatic heterocycles. The SMILES string of the molecule is Cc1ccc(S(=O)(=O)N2CCN(c3ccc4c(c3)OCCO4)CC2)s1. The lowest BCUT2D eigenvalue weighted by molar-refractivity contribution is 0.171. The Labute approximate surface area is 151 Å². The zero-order chi connectivity index (χ0) is 17.4. The molecule has 25 heavy (non-hydrogen) atoms. The van der Waals surface area contributed by atoms with E-state index in [1.54, 1.807) is 10.4 Å². The molecule has 2 aliphatic rings. The monoisotopic (exact) mass is 380 g/mol. The molecule has 2 aromatic rings. The lowest BCUT2D eigenvalue weighted by Crippen LogP contribution is -2.48. The first-order valence-corrected chi connectivity index (χ1v) is 10.5. The van der Waals surface area contributed by atoms with Crippen LogP contribution in [0.1, 0.15) is 4.88 Å². The van der Waals surface area contributed by atoms with Gasteiger partial charge in [0, 0.05) is 42.8 Å². The van der Waals surface area contributed by atoms with E-state index in [2.05, 4.69) is 4.90 Å². The van der Waals surface area contributed by atoms with Gasteiger partial charge in [0.1, 0.15) is 17.4 Å². The summed E-state index contributed by atoms with van der Waals surface area (Å²) in [5.74, 6) is 1.53. The summed E-state index contributed by atoms with van der Waals surface area (Å²) < 4.78 is 38.6. The first-order chi connectivity index (χ1) is 12.0. The molecule has 134 valence electrons. The summed E-state index contributed by atoms with van der Waals surface area (Å²) in [7, 11) is -3.38. The molecule has 1 aromatic heterocycles. The van der Waals surface area contributed by atoms with Gasteiger partial charge in [-0.15, -0.1) is 11.3 Å². The van der Waals surface area contributed by atoms with E-state index in [1.165, 1.54) is 11.3 Å². The fraction of sp³-hybridized carbons (Fsp3) is 0.412. The van der Waals surface area contributed by atoms with Crippen LogP contribution in [-0.4, -0.2) is 52.1 Å². The molecule has 0 saturated carbocycles. The van der Waals surface area contributed by atoms with Crippen LogP contribution in [0.2, 0.25) is 0 Å². The van der Waals surface area contributed by atoms with E-state index in [0.29, 0.717) is 43.6 Å². The topological polar surface area (TPSA) is 59.1 Å². The largest absolute Gasteiger partial charge is 0.486 e. The highest BCUT2D eigenvalue weighted by molar-refractivity contribution is 7.91. The molecule has 6 nitrogen and oxygen atoms in total. The van der Waals surface area contributed by atoms with Crippen LogP contribution in [0.4, 0.5) is 5.69 Å². The number of hydrogen-bond donors (Lipinski definition) is 0. The second-order valence-corrected chi connectivity index (χ2v) is 9.54. The maximum Gasteiger partial charge on any atom is 0.252 e. The summed E-state index contributed by atoms with van der Waals surface area (Å²) in [6.45, 7) is 5.32. The fourth-order valence-electron chi connectivity index (χ4n) is 3.09. The Morgan fingerprint density at radius 2 is 1.68 bits per heavy atom. The second-order valence-electron chi connectivity index (χ2n) is 6.08. The number of anilines is 1. The highest BCUT2D eigenvalue weighted by Crippen LogP contribution is 2.34. The van der Waals surface area contributed by atoms with Gasteiger partial charge in [0.2, 0.25) is 0 Å². The summed E-state index contributed by atoms with van der Waals surface area (Å²) >= 11 is 1.33. The molecule has 0 N–H and O–H groups in total. The third kappa shape index (κ3) is 3.21. The average molecular weight is 380 g/mol. The zero-order valence-corrected chi connectivity index (χ0v) is 15.6. The number of piperazine rings is 1. The van der Waals surface area contributed by atoms with E-state index in [0.717, 1.165) is 22.1 Å². The Morgan fingerprint density at radius 1 is 0.960 bits per heavy atom. The van der Waals surface area contributed by atoms with Crippen molar-refractivity contribution in [1.29, 1.82) is 0 Å². The Kier molecular flexibility index (Phi) is 4.35. The third-order valence-corrected chi connectivity index (χ3v) is 7.81. The number of benzene rings is 1. The Hall–Kier alpha value is -1.77. The summed E-state index contributed by atoms with van der Waals surface area (Å²) in [6, 6.07) is 9.44. The van der Waals surface area contributed by atoms with Crippen LogP contribution < -0.4 is 14.4 Å². The van der Waals surface area contributed by atoms with E-state index in [-0.39, 0.29) is 0 Å². The van der Waals surface area contributed by atoms with Gasteiger partial charge in [-0.1, -0.05) is 0 Å². The molecular formula is C17H20N2O4S2. The number of aryl methyl sites for hydroxylation is 1. The molecule has 0 aliphatic carbocycles. The smallest absolute Gasteiger partial charge is 0.252 e. The normalized spacial score (nSPS) is 18.4. The van der Waals surface area contributed by atoms with Crippen molar-refractivity contribution in [3.8, 4) is 11.5 Å². The van der Waals surface area contributed by atoms with E-state index >= 15 is 0 Å². The van der Waals surface area contributed by atoms with Gasteiger partial charge in [0.15, 0.2) is 11.5 Å². The molecule has 1 fully saturated rings. The Bertz CT molecular complexity index is 871. The van der Waals surface area contributed by atoms with Gasteiger partial charge in [-0.2, -0.15) is 4.31 Å². The summed E-state index contributed by atoms with van der Waals surface area (Å²) in [4.78, 5) is 3.19. The summed E-state index contributed by atoms with van der Waals surface area (Å²) in [6.07, 6.45) is 0. The van der Waals surface area contributed by atoms with Gasteiger partial charge in [0.25, 0.3) is 10.0 Å². The lowest BCUT2D eigenvalue weighted by Gasteiger charge is -2.35. The zero-order valence-electron chi connectivity index (χ0n) is 14.0. The summed E-state index contributed by atoms with van der Waals surface area (Å²) in [5, 5.41) is 0. The first-order valence-electron chi connectivity index (χ1n) is 8.25. The maximum absolute atomic E-state index is 12.7. The van der Waals surface area contributed by atoms with Crippen molar-refractivity contribution in [1.82, 2.24) is 4.31 Å². The highest BCUT2D eigenvalue weighted by Gasteiger charge is 2.30. The van der Waals surface area contributed by atoms with Crippen molar-refractivity contribution < 1.29 is 17.9 Å². The predicted molar refractivity (Wildman–Crippen MR) is 97.5 cm³/mol.